The molecule has 1 aromatic rings. The van der Waals surface area contributed by atoms with E-state index in [0.29, 0.717) is 6.61 Å². The maximum atomic E-state index is 11.3. The van der Waals surface area contributed by atoms with Gasteiger partial charge >= 0.3 is 6.09 Å². The quantitative estimate of drug-likeness (QED) is 0.767. The Kier molecular flexibility index (Phi) is 3.02. The van der Waals surface area contributed by atoms with Gasteiger partial charge < -0.3 is 4.74 Å². The number of rotatable bonds is 3. The number of allylic oxidation sites excluding steroid dienone is 1. The minimum absolute atomic E-state index is 0.394. The van der Waals surface area contributed by atoms with Crippen LogP contribution in [0.15, 0.2) is 42.0 Å². The predicted molar refractivity (Wildman–Crippen MR) is 58.7 cm³/mol. The van der Waals surface area contributed by atoms with Crippen LogP contribution in [0.5, 0.6) is 0 Å². The Bertz CT molecular complexity index is 370. The van der Waals surface area contributed by atoms with Crippen LogP contribution in [0, 0.1) is 0 Å². The van der Waals surface area contributed by atoms with Crippen molar-refractivity contribution in [2.45, 2.75) is 12.8 Å². The first-order chi connectivity index (χ1) is 7.34. The lowest BCUT2D eigenvalue weighted by molar-refractivity contribution is 0.169. The van der Waals surface area contributed by atoms with Gasteiger partial charge in [0.25, 0.3) is 0 Å². The molecule has 0 fully saturated rings. The minimum atomic E-state index is -0.394. The number of benzene rings is 1. The highest BCUT2D eigenvalue weighted by atomic mass is 16.5. The summed E-state index contributed by atoms with van der Waals surface area (Å²) in [5.74, 6) is 0. The number of hydrogen-bond acceptors (Lipinski definition) is 2. The number of anilines is 1. The van der Waals surface area contributed by atoms with E-state index in [1.54, 1.807) is 0 Å². The van der Waals surface area contributed by atoms with Crippen LogP contribution in [0.3, 0.4) is 0 Å². The molecule has 0 unspecified atom stereocenters. The molecule has 0 atom stereocenters. The Morgan fingerprint density at radius 3 is 2.67 bits per heavy atom. The minimum Gasteiger partial charge on any atom is -0.445 e. The van der Waals surface area contributed by atoms with Gasteiger partial charge in [0.05, 0.1) is 0 Å². The van der Waals surface area contributed by atoms with Gasteiger partial charge in [-0.3, -0.25) is 5.32 Å². The molecule has 1 aliphatic carbocycles. The molecular weight excluding hydrogens is 190 g/mol. The molecule has 0 bridgehead atoms. The summed E-state index contributed by atoms with van der Waals surface area (Å²) in [5.41, 5.74) is 1.96. The van der Waals surface area contributed by atoms with Crippen LogP contribution in [0.1, 0.15) is 12.8 Å². The summed E-state index contributed by atoms with van der Waals surface area (Å²) in [5, 5.41) is 2.66. The summed E-state index contributed by atoms with van der Waals surface area (Å²) < 4.78 is 5.03. The van der Waals surface area contributed by atoms with E-state index in [1.165, 1.54) is 5.57 Å². The molecule has 1 aromatic carbocycles. The lowest BCUT2D eigenvalue weighted by atomic mass is 10.0. The highest BCUT2D eigenvalue weighted by Gasteiger charge is 2.08. The van der Waals surface area contributed by atoms with E-state index in [0.717, 1.165) is 18.5 Å². The molecule has 0 saturated heterocycles. The number of carbonyl (C=O) groups excluding carboxylic acids is 1. The molecule has 3 nitrogen and oxygen atoms in total. The normalized spacial score (nSPS) is 13.7. The maximum Gasteiger partial charge on any atom is 0.411 e. The van der Waals surface area contributed by atoms with E-state index in [9.17, 15) is 4.79 Å². The molecule has 78 valence electrons. The molecular formula is C12H13NO2. The van der Waals surface area contributed by atoms with Crippen LogP contribution >= 0.6 is 0 Å². The van der Waals surface area contributed by atoms with Crippen LogP contribution < -0.4 is 5.32 Å². The van der Waals surface area contributed by atoms with Gasteiger partial charge in [-0.1, -0.05) is 24.3 Å². The number of amides is 1. The average Bonchev–Trinajstić information content (AvgIpc) is 2.17. The topological polar surface area (TPSA) is 38.3 Å². The van der Waals surface area contributed by atoms with Crippen molar-refractivity contribution in [1.29, 1.82) is 0 Å². The highest BCUT2D eigenvalue weighted by molar-refractivity contribution is 5.84. The first-order valence-electron chi connectivity index (χ1n) is 5.01. The SMILES string of the molecule is O=C(Nc1ccccc1)OCC1=CCC1. The number of ether oxygens (including phenoxy) is 1. The summed E-state index contributed by atoms with van der Waals surface area (Å²) in [7, 11) is 0. The zero-order valence-electron chi connectivity index (χ0n) is 8.40. The van der Waals surface area contributed by atoms with Crippen molar-refractivity contribution in [3.05, 3.63) is 42.0 Å². The summed E-state index contributed by atoms with van der Waals surface area (Å²) in [6.07, 6.45) is 3.86. The van der Waals surface area contributed by atoms with Crippen molar-refractivity contribution in [2.75, 3.05) is 11.9 Å². The Morgan fingerprint density at radius 2 is 2.07 bits per heavy atom. The Hall–Kier alpha value is -1.77. The number of nitrogens with one attached hydrogen (secondary N) is 1. The Balaban J connectivity index is 1.77. The second-order valence-corrected chi connectivity index (χ2v) is 3.47. The molecule has 0 aromatic heterocycles. The van der Waals surface area contributed by atoms with Gasteiger partial charge in [0.1, 0.15) is 6.61 Å². The predicted octanol–water partition coefficient (Wildman–Crippen LogP) is 2.96. The Labute approximate surface area is 88.8 Å². The van der Waals surface area contributed by atoms with Crippen LogP contribution in [0.4, 0.5) is 10.5 Å². The zero-order valence-corrected chi connectivity index (χ0v) is 8.40. The summed E-state index contributed by atoms with van der Waals surface area (Å²) >= 11 is 0. The van der Waals surface area contributed by atoms with Gasteiger partial charge in [-0.25, -0.2) is 4.79 Å². The van der Waals surface area contributed by atoms with Crippen molar-refractivity contribution in [1.82, 2.24) is 0 Å². The molecule has 1 amide bonds. The van der Waals surface area contributed by atoms with E-state index in [-0.39, 0.29) is 0 Å². The van der Waals surface area contributed by atoms with Crippen molar-refractivity contribution in [3.63, 3.8) is 0 Å². The standard InChI is InChI=1S/C12H13NO2/c14-12(15-9-10-5-4-6-10)13-11-7-2-1-3-8-11/h1-3,5,7-8H,4,6,9H2,(H,13,14). The number of para-hydroxylation sites is 1. The van der Waals surface area contributed by atoms with Crippen LogP contribution in [-0.2, 0) is 4.74 Å². The van der Waals surface area contributed by atoms with Gasteiger partial charge in [0.2, 0.25) is 0 Å². The average molecular weight is 203 g/mol. The van der Waals surface area contributed by atoms with Crippen molar-refractivity contribution in [2.24, 2.45) is 0 Å². The summed E-state index contributed by atoms with van der Waals surface area (Å²) in [6.45, 7) is 0.415. The third-order valence-electron chi connectivity index (χ3n) is 2.31. The van der Waals surface area contributed by atoms with Crippen LogP contribution in [0.2, 0.25) is 0 Å². The summed E-state index contributed by atoms with van der Waals surface area (Å²) in [6, 6.07) is 9.28. The van der Waals surface area contributed by atoms with E-state index >= 15 is 0 Å². The van der Waals surface area contributed by atoms with Gasteiger partial charge in [0.15, 0.2) is 0 Å². The van der Waals surface area contributed by atoms with Crippen LogP contribution in [-0.4, -0.2) is 12.7 Å². The maximum absolute atomic E-state index is 11.3. The van der Waals surface area contributed by atoms with E-state index in [4.69, 9.17) is 4.74 Å². The highest BCUT2D eigenvalue weighted by Crippen LogP contribution is 2.17. The van der Waals surface area contributed by atoms with E-state index < -0.39 is 6.09 Å². The van der Waals surface area contributed by atoms with E-state index in [2.05, 4.69) is 11.4 Å². The fraction of sp³-hybridized carbons (Fsp3) is 0.250. The lowest BCUT2D eigenvalue weighted by Gasteiger charge is -2.14. The molecule has 0 saturated carbocycles. The molecule has 1 aliphatic rings. The third-order valence-corrected chi connectivity index (χ3v) is 2.31. The first-order valence-corrected chi connectivity index (χ1v) is 5.01. The number of carbonyl (C=O) groups is 1. The van der Waals surface area contributed by atoms with Gasteiger partial charge in [-0.2, -0.15) is 0 Å². The van der Waals surface area contributed by atoms with Gasteiger partial charge in [0, 0.05) is 5.69 Å². The largest absolute Gasteiger partial charge is 0.445 e. The molecule has 2 rings (SSSR count). The molecule has 3 heteroatoms. The third kappa shape index (κ3) is 2.84. The van der Waals surface area contributed by atoms with Gasteiger partial charge in [-0.05, 0) is 30.5 Å². The monoisotopic (exact) mass is 203 g/mol. The zero-order chi connectivity index (χ0) is 10.5. The second kappa shape index (κ2) is 4.64. The molecule has 1 N–H and O–H groups in total. The van der Waals surface area contributed by atoms with Crippen molar-refractivity contribution >= 4 is 11.8 Å². The fourth-order valence-electron chi connectivity index (χ4n) is 1.31. The van der Waals surface area contributed by atoms with Crippen LogP contribution in [0.25, 0.3) is 0 Å². The van der Waals surface area contributed by atoms with Crippen molar-refractivity contribution in [3.8, 4) is 0 Å². The molecule has 0 aliphatic heterocycles. The Morgan fingerprint density at radius 1 is 1.33 bits per heavy atom. The van der Waals surface area contributed by atoms with Crippen molar-refractivity contribution < 1.29 is 9.53 Å². The molecule has 0 heterocycles. The van der Waals surface area contributed by atoms with Gasteiger partial charge in [-0.15, -0.1) is 0 Å². The fourth-order valence-corrected chi connectivity index (χ4v) is 1.31. The smallest absolute Gasteiger partial charge is 0.411 e. The molecule has 0 radical (unpaired) electrons. The molecule has 15 heavy (non-hydrogen) atoms. The first kappa shape index (κ1) is 9.77. The van der Waals surface area contributed by atoms with E-state index in [1.807, 2.05) is 30.3 Å². The lowest BCUT2D eigenvalue weighted by Crippen LogP contribution is -2.16. The molecule has 0 spiro atoms. The summed E-state index contributed by atoms with van der Waals surface area (Å²) in [4.78, 5) is 11.3. The number of hydrogen-bond donors (Lipinski definition) is 1. The second-order valence-electron chi connectivity index (χ2n) is 3.47.